The third kappa shape index (κ3) is 3.29. The van der Waals surface area contributed by atoms with Gasteiger partial charge in [0, 0.05) is 12.2 Å². The van der Waals surface area contributed by atoms with E-state index in [0.717, 1.165) is 0 Å². The van der Waals surface area contributed by atoms with Gasteiger partial charge in [0.1, 0.15) is 5.69 Å². The summed E-state index contributed by atoms with van der Waals surface area (Å²) in [6.45, 7) is 4.06. The van der Waals surface area contributed by atoms with Crippen molar-refractivity contribution in [2.45, 2.75) is 25.3 Å². The molecule has 22 heavy (non-hydrogen) atoms. The van der Waals surface area contributed by atoms with Gasteiger partial charge >= 0.3 is 0 Å². The number of amides is 1. The predicted octanol–water partition coefficient (Wildman–Crippen LogP) is 1.76. The van der Waals surface area contributed by atoms with Crippen LogP contribution in [0.3, 0.4) is 0 Å². The second kappa shape index (κ2) is 6.07. The first-order valence-electron chi connectivity index (χ1n) is 6.41. The first kappa shape index (κ1) is 16.5. The Labute approximate surface area is 133 Å². The number of benzene rings is 1. The van der Waals surface area contributed by atoms with E-state index in [0.29, 0.717) is 22.9 Å². The summed E-state index contributed by atoms with van der Waals surface area (Å²) >= 11 is 6.10. The van der Waals surface area contributed by atoms with Crippen LogP contribution in [0.2, 0.25) is 5.02 Å². The highest BCUT2D eigenvalue weighted by molar-refractivity contribution is 7.89. The van der Waals surface area contributed by atoms with Crippen LogP contribution in [-0.2, 0) is 16.6 Å². The molecule has 9 heteroatoms. The van der Waals surface area contributed by atoms with Crippen LogP contribution < -0.4 is 10.5 Å². The van der Waals surface area contributed by atoms with Gasteiger partial charge in [0.05, 0.1) is 15.6 Å². The van der Waals surface area contributed by atoms with Gasteiger partial charge in [0.25, 0.3) is 5.91 Å². The Morgan fingerprint density at radius 2 is 1.95 bits per heavy atom. The lowest BCUT2D eigenvalue weighted by atomic mass is 10.3. The molecule has 0 aliphatic rings. The number of hydrogen-bond donors (Lipinski definition) is 2. The van der Waals surface area contributed by atoms with Gasteiger partial charge < -0.3 is 5.32 Å². The van der Waals surface area contributed by atoms with Gasteiger partial charge in [-0.15, -0.1) is 0 Å². The van der Waals surface area contributed by atoms with Gasteiger partial charge in [0.2, 0.25) is 10.0 Å². The topological polar surface area (TPSA) is 107 Å². The minimum absolute atomic E-state index is 0.0297. The number of aryl methyl sites for hydroxylation is 2. The zero-order valence-corrected chi connectivity index (χ0v) is 13.6. The van der Waals surface area contributed by atoms with Crippen LogP contribution >= 0.6 is 11.6 Å². The molecule has 0 aliphatic carbocycles. The molecule has 0 aliphatic heterocycles. The Hall–Kier alpha value is -1.90. The maximum absolute atomic E-state index is 12.3. The van der Waals surface area contributed by atoms with Gasteiger partial charge in [-0.05, 0) is 38.1 Å². The molecule has 0 radical (unpaired) electrons. The molecule has 2 aromatic rings. The fourth-order valence-electron chi connectivity index (χ4n) is 1.92. The van der Waals surface area contributed by atoms with Crippen molar-refractivity contribution in [1.29, 1.82) is 0 Å². The van der Waals surface area contributed by atoms with Crippen LogP contribution in [0.25, 0.3) is 0 Å². The van der Waals surface area contributed by atoms with E-state index in [9.17, 15) is 13.2 Å². The maximum Gasteiger partial charge on any atom is 0.275 e. The number of carbonyl (C=O) groups excluding carboxylic acids is 1. The molecule has 0 bridgehead atoms. The number of nitrogens with two attached hydrogens (primary N) is 1. The highest BCUT2D eigenvalue weighted by atomic mass is 35.5. The minimum Gasteiger partial charge on any atom is -0.321 e. The van der Waals surface area contributed by atoms with Crippen LogP contribution in [0.4, 0.5) is 5.69 Å². The number of rotatable bonds is 4. The third-order valence-electron chi connectivity index (χ3n) is 3.01. The second-order valence-electron chi connectivity index (χ2n) is 4.59. The molecule has 1 aromatic heterocycles. The van der Waals surface area contributed by atoms with Crippen molar-refractivity contribution in [1.82, 2.24) is 9.78 Å². The third-order valence-corrected chi connectivity index (χ3v) is 4.39. The van der Waals surface area contributed by atoms with Crippen LogP contribution in [0.5, 0.6) is 0 Å². The second-order valence-corrected chi connectivity index (χ2v) is 6.53. The number of aromatic nitrogens is 2. The number of primary sulfonamides is 1. The number of nitrogens with one attached hydrogen (secondary N) is 1. The summed E-state index contributed by atoms with van der Waals surface area (Å²) in [6.07, 6.45) is 0. The number of sulfonamides is 1. The van der Waals surface area contributed by atoms with Crippen LogP contribution in [0.1, 0.15) is 23.1 Å². The zero-order valence-electron chi connectivity index (χ0n) is 12.0. The van der Waals surface area contributed by atoms with Crippen molar-refractivity contribution in [2.24, 2.45) is 5.14 Å². The van der Waals surface area contributed by atoms with Crippen LogP contribution in [0.15, 0.2) is 29.2 Å². The number of halogens is 1. The molecule has 2 rings (SSSR count). The van der Waals surface area contributed by atoms with E-state index < -0.39 is 15.9 Å². The predicted molar refractivity (Wildman–Crippen MR) is 83.4 cm³/mol. The normalized spacial score (nSPS) is 11.5. The van der Waals surface area contributed by atoms with Gasteiger partial charge in [0.15, 0.2) is 0 Å². The first-order chi connectivity index (χ1) is 10.2. The van der Waals surface area contributed by atoms with Crippen molar-refractivity contribution >= 4 is 33.2 Å². The Kier molecular flexibility index (Phi) is 4.55. The number of carbonyl (C=O) groups is 1. The summed E-state index contributed by atoms with van der Waals surface area (Å²) in [5.74, 6) is -0.421. The lowest BCUT2D eigenvalue weighted by molar-refractivity contribution is 0.101. The highest BCUT2D eigenvalue weighted by Gasteiger charge is 2.20. The fourth-order valence-corrected chi connectivity index (χ4v) is 2.66. The number of nitrogens with zero attached hydrogens (tertiary/aromatic N) is 2. The molecule has 0 fully saturated rings. The lowest BCUT2D eigenvalue weighted by Gasteiger charge is -2.08. The molecule has 0 atom stereocenters. The average Bonchev–Trinajstić information content (AvgIpc) is 2.74. The van der Waals surface area contributed by atoms with Crippen molar-refractivity contribution in [3.63, 3.8) is 0 Å². The average molecular weight is 343 g/mol. The summed E-state index contributed by atoms with van der Waals surface area (Å²) in [5.41, 5.74) is 1.26. The molecule has 3 N–H and O–H groups in total. The summed E-state index contributed by atoms with van der Waals surface area (Å²) in [6, 6.07) is 5.53. The summed E-state index contributed by atoms with van der Waals surface area (Å²) in [4.78, 5) is 12.3. The van der Waals surface area contributed by atoms with E-state index >= 15 is 0 Å². The van der Waals surface area contributed by atoms with E-state index in [2.05, 4.69) is 10.4 Å². The highest BCUT2D eigenvalue weighted by Crippen LogP contribution is 2.22. The molecule has 0 saturated heterocycles. The van der Waals surface area contributed by atoms with E-state index in [4.69, 9.17) is 16.7 Å². The molecule has 1 heterocycles. The minimum atomic E-state index is -3.76. The monoisotopic (exact) mass is 342 g/mol. The number of anilines is 1. The first-order valence-corrected chi connectivity index (χ1v) is 8.33. The van der Waals surface area contributed by atoms with Crippen molar-refractivity contribution in [2.75, 3.05) is 5.32 Å². The maximum atomic E-state index is 12.3. The van der Waals surface area contributed by atoms with Crippen molar-refractivity contribution in [3.05, 3.63) is 40.7 Å². The molecular formula is C13H15ClN4O3S. The lowest BCUT2D eigenvalue weighted by Crippen LogP contribution is -2.18. The molecule has 7 nitrogen and oxygen atoms in total. The zero-order chi connectivity index (χ0) is 16.5. The molecule has 1 amide bonds. The fraction of sp³-hybridized carbons (Fsp3) is 0.231. The molecule has 0 unspecified atom stereocenters. The van der Waals surface area contributed by atoms with Crippen LogP contribution in [0, 0.1) is 6.92 Å². The van der Waals surface area contributed by atoms with Crippen LogP contribution in [-0.4, -0.2) is 24.1 Å². The van der Waals surface area contributed by atoms with Gasteiger partial charge in [-0.2, -0.15) is 5.10 Å². The Morgan fingerprint density at radius 3 is 2.45 bits per heavy atom. The molecule has 118 valence electrons. The quantitative estimate of drug-likeness (QED) is 0.882. The molecular weight excluding hydrogens is 328 g/mol. The molecule has 0 spiro atoms. The SMILES string of the molecule is CCn1nc(C)c(Cl)c1C(=O)Nc1ccc(S(N)(=O)=O)cc1. The molecule has 0 saturated carbocycles. The van der Waals surface area contributed by atoms with E-state index in [1.807, 2.05) is 6.92 Å². The van der Waals surface area contributed by atoms with E-state index in [-0.39, 0.29) is 10.6 Å². The summed E-state index contributed by atoms with van der Waals surface area (Å²) in [5, 5.41) is 12.1. The standard InChI is InChI=1S/C13H15ClN4O3S/c1-3-18-12(11(14)8(2)17-18)13(19)16-9-4-6-10(7-5-9)22(15,20)21/h4-7H,3H2,1-2H3,(H,16,19)(H2,15,20,21). The van der Waals surface area contributed by atoms with E-state index in [1.54, 1.807) is 6.92 Å². The van der Waals surface area contributed by atoms with Gasteiger partial charge in [-0.25, -0.2) is 13.6 Å². The van der Waals surface area contributed by atoms with E-state index in [1.165, 1.54) is 28.9 Å². The van der Waals surface area contributed by atoms with Crippen molar-refractivity contribution in [3.8, 4) is 0 Å². The largest absolute Gasteiger partial charge is 0.321 e. The smallest absolute Gasteiger partial charge is 0.275 e. The Morgan fingerprint density at radius 1 is 1.36 bits per heavy atom. The van der Waals surface area contributed by atoms with Gasteiger partial charge in [-0.3, -0.25) is 9.48 Å². The Balaban J connectivity index is 2.26. The van der Waals surface area contributed by atoms with Crippen molar-refractivity contribution < 1.29 is 13.2 Å². The Bertz CT molecular complexity index is 813. The summed E-state index contributed by atoms with van der Waals surface area (Å²) < 4.78 is 23.9. The molecule has 1 aromatic carbocycles. The van der Waals surface area contributed by atoms with Gasteiger partial charge in [-0.1, -0.05) is 11.6 Å². The summed E-state index contributed by atoms with van der Waals surface area (Å²) in [7, 11) is -3.76. The number of hydrogen-bond acceptors (Lipinski definition) is 4.